The van der Waals surface area contributed by atoms with Crippen LogP contribution >= 0.6 is 22.9 Å². The molecule has 0 bridgehead atoms. The number of nitrogens with two attached hydrogens (primary N) is 1. The lowest BCUT2D eigenvalue weighted by Gasteiger charge is -2.31. The third kappa shape index (κ3) is 4.73. The van der Waals surface area contributed by atoms with Gasteiger partial charge in [0.05, 0.1) is 38.9 Å². The summed E-state index contributed by atoms with van der Waals surface area (Å²) < 4.78 is 64.4. The number of ether oxygens (including phenoxy) is 3. The highest BCUT2D eigenvalue weighted by molar-refractivity contribution is 7.23. The molecule has 7 rings (SSSR count). The highest BCUT2D eigenvalue weighted by Crippen LogP contribution is 2.51. The van der Waals surface area contributed by atoms with Crippen molar-refractivity contribution >= 4 is 54.7 Å². The number of alkyl halides is 1. The number of rotatable bonds is 8. The molecule has 0 spiro atoms. The van der Waals surface area contributed by atoms with Crippen LogP contribution in [-0.4, -0.2) is 79.2 Å². The molecule has 5 heterocycles. The molecule has 4 aromatic rings. The number of nitrogens with zero attached hydrogens (tertiary/aromatic N) is 5. The SMILES string of the molecule is C=C[C@H]1COc2c(Cl)c(-c3ccc(F)c4sc(N)c(C#N)c34)c(F)c3nc(OC[C@@]45CCCN4C[C@H](F)C5)nc(c23)N1CCOC. The molecule has 3 aliphatic rings. The number of fused-ring (bicyclic) bond motifs is 2. The standard InChI is InChI=1S/C32H30ClF3N6O3S/c1-3-17-14-44-27-23-26(25(36)22(24(27)33)18-5-6-20(35)28-21(18)19(12-37)29(38)46-28)39-31(40-30(23)42(17)9-10-43-2)45-15-32-7-4-8-41(32)13-16(34)11-32/h3,5-6,16-17H,1,4,7-11,13-15,38H2,2H3/t16-,17+,32+/m1/s1. The van der Waals surface area contributed by atoms with Crippen molar-refractivity contribution in [3.05, 3.63) is 47.0 Å². The predicted molar refractivity (Wildman–Crippen MR) is 172 cm³/mol. The van der Waals surface area contributed by atoms with Crippen molar-refractivity contribution in [1.82, 2.24) is 14.9 Å². The van der Waals surface area contributed by atoms with Gasteiger partial charge in [-0.2, -0.15) is 15.2 Å². The zero-order chi connectivity index (χ0) is 32.3. The Morgan fingerprint density at radius 3 is 2.91 bits per heavy atom. The lowest BCUT2D eigenvalue weighted by Crippen LogP contribution is -2.43. The summed E-state index contributed by atoms with van der Waals surface area (Å²) in [5.74, 6) is -1.01. The lowest BCUT2D eigenvalue weighted by molar-refractivity contribution is 0.107. The van der Waals surface area contributed by atoms with Crippen molar-refractivity contribution in [2.24, 2.45) is 0 Å². The Bertz CT molecular complexity index is 1940. The maximum Gasteiger partial charge on any atom is 0.319 e. The smallest absolute Gasteiger partial charge is 0.319 e. The summed E-state index contributed by atoms with van der Waals surface area (Å²) >= 11 is 7.88. The molecule has 0 unspecified atom stereocenters. The van der Waals surface area contributed by atoms with E-state index in [1.165, 1.54) is 12.1 Å². The quantitative estimate of drug-likeness (QED) is 0.218. The van der Waals surface area contributed by atoms with Crippen LogP contribution in [0.2, 0.25) is 5.02 Å². The fourth-order valence-corrected chi connectivity index (χ4v) is 8.39. The van der Waals surface area contributed by atoms with Gasteiger partial charge in [-0.25, -0.2) is 13.2 Å². The highest BCUT2D eigenvalue weighted by Gasteiger charge is 2.49. The third-order valence-corrected chi connectivity index (χ3v) is 10.6. The minimum absolute atomic E-state index is 0.0183. The number of halogens is 4. The van der Waals surface area contributed by atoms with Crippen molar-refractivity contribution in [1.29, 1.82) is 5.26 Å². The number of hydrogen-bond acceptors (Lipinski definition) is 10. The number of nitrogen functional groups attached to an aromatic ring is 1. The maximum absolute atomic E-state index is 17.1. The summed E-state index contributed by atoms with van der Waals surface area (Å²) in [5, 5.41) is 10.3. The van der Waals surface area contributed by atoms with Gasteiger partial charge in [0.15, 0.2) is 11.6 Å². The van der Waals surface area contributed by atoms with Gasteiger partial charge >= 0.3 is 6.01 Å². The molecule has 46 heavy (non-hydrogen) atoms. The van der Waals surface area contributed by atoms with Crippen LogP contribution in [0.3, 0.4) is 0 Å². The highest BCUT2D eigenvalue weighted by atomic mass is 35.5. The number of anilines is 2. The second-order valence-electron chi connectivity index (χ2n) is 11.8. The topological polar surface area (TPSA) is 110 Å². The molecule has 0 saturated carbocycles. The van der Waals surface area contributed by atoms with E-state index in [1.54, 1.807) is 13.2 Å². The van der Waals surface area contributed by atoms with Crippen LogP contribution in [0.1, 0.15) is 24.8 Å². The first-order valence-corrected chi connectivity index (χ1v) is 16.1. The first kappa shape index (κ1) is 30.8. The van der Waals surface area contributed by atoms with Crippen molar-refractivity contribution in [2.45, 2.75) is 37.0 Å². The van der Waals surface area contributed by atoms with Gasteiger partial charge in [-0.15, -0.1) is 17.9 Å². The average Bonchev–Trinajstić information content (AvgIpc) is 3.65. The van der Waals surface area contributed by atoms with Crippen LogP contribution in [-0.2, 0) is 4.74 Å². The van der Waals surface area contributed by atoms with Gasteiger partial charge in [-0.3, -0.25) is 4.90 Å². The number of methoxy groups -OCH3 is 1. The molecule has 3 aliphatic heterocycles. The molecule has 9 nitrogen and oxygen atoms in total. The summed E-state index contributed by atoms with van der Waals surface area (Å²) in [6.07, 6.45) is 2.76. The molecule has 240 valence electrons. The van der Waals surface area contributed by atoms with Crippen LogP contribution < -0.4 is 20.1 Å². The summed E-state index contributed by atoms with van der Waals surface area (Å²) in [6.45, 7) is 5.98. The van der Waals surface area contributed by atoms with Gasteiger partial charge < -0.3 is 24.8 Å². The minimum atomic E-state index is -0.956. The lowest BCUT2D eigenvalue weighted by atomic mass is 9.95. The van der Waals surface area contributed by atoms with E-state index in [2.05, 4.69) is 16.5 Å². The van der Waals surface area contributed by atoms with Gasteiger partial charge in [-0.05, 0) is 31.0 Å². The molecule has 2 N–H and O–H groups in total. The van der Waals surface area contributed by atoms with E-state index in [0.717, 1.165) is 30.7 Å². The zero-order valence-corrected chi connectivity index (χ0v) is 26.5. The second-order valence-corrected chi connectivity index (χ2v) is 13.2. The normalized spacial score (nSPS) is 22.6. The number of benzene rings is 2. The number of hydrogen-bond donors (Lipinski definition) is 1. The fourth-order valence-electron chi connectivity index (χ4n) is 7.11. The van der Waals surface area contributed by atoms with Crippen LogP contribution in [0, 0.1) is 23.0 Å². The van der Waals surface area contributed by atoms with Gasteiger partial charge in [0, 0.05) is 37.6 Å². The molecule has 0 aliphatic carbocycles. The van der Waals surface area contributed by atoms with E-state index >= 15 is 4.39 Å². The van der Waals surface area contributed by atoms with Crippen molar-refractivity contribution < 1.29 is 27.4 Å². The number of aromatic nitrogens is 2. The zero-order valence-electron chi connectivity index (χ0n) is 24.9. The first-order valence-electron chi connectivity index (χ1n) is 14.9. The summed E-state index contributed by atoms with van der Waals surface area (Å²) in [7, 11) is 1.57. The van der Waals surface area contributed by atoms with E-state index < -0.39 is 29.4 Å². The Kier molecular flexibility index (Phi) is 7.87. The molecule has 3 atom stereocenters. The van der Waals surface area contributed by atoms with E-state index in [4.69, 9.17) is 36.5 Å². The van der Waals surface area contributed by atoms with Gasteiger partial charge in [-0.1, -0.05) is 23.7 Å². The van der Waals surface area contributed by atoms with Crippen molar-refractivity contribution in [3.63, 3.8) is 0 Å². The largest absolute Gasteiger partial charge is 0.489 e. The van der Waals surface area contributed by atoms with Gasteiger partial charge in [0.2, 0.25) is 0 Å². The van der Waals surface area contributed by atoms with E-state index in [1.807, 2.05) is 11.0 Å². The molecule has 0 amide bonds. The molecule has 2 fully saturated rings. The second kappa shape index (κ2) is 11.8. The number of thiophene rings is 1. The fraction of sp³-hybridized carbons (Fsp3) is 0.406. The Morgan fingerprint density at radius 2 is 2.15 bits per heavy atom. The van der Waals surface area contributed by atoms with E-state index in [9.17, 15) is 14.0 Å². The Hall–Kier alpha value is -3.83. The molecule has 2 aromatic carbocycles. The number of nitriles is 1. The maximum atomic E-state index is 17.1. The minimum Gasteiger partial charge on any atom is -0.489 e. The third-order valence-electron chi connectivity index (χ3n) is 9.25. The molecule has 2 aromatic heterocycles. The molecular formula is C32H30ClF3N6O3S. The van der Waals surface area contributed by atoms with Gasteiger partial charge in [0.1, 0.15) is 47.6 Å². The first-order chi connectivity index (χ1) is 22.2. The monoisotopic (exact) mass is 670 g/mol. The average molecular weight is 671 g/mol. The van der Waals surface area contributed by atoms with Crippen LogP contribution in [0.4, 0.5) is 24.0 Å². The van der Waals surface area contributed by atoms with Crippen LogP contribution in [0.5, 0.6) is 11.8 Å². The van der Waals surface area contributed by atoms with Crippen molar-refractivity contribution in [3.8, 4) is 29.0 Å². The molecule has 14 heteroatoms. The van der Waals surface area contributed by atoms with Crippen molar-refractivity contribution in [2.75, 3.05) is 57.2 Å². The molecular weight excluding hydrogens is 641 g/mol. The van der Waals surface area contributed by atoms with Crippen LogP contribution in [0.15, 0.2) is 24.8 Å². The molecule has 0 radical (unpaired) electrons. The predicted octanol–water partition coefficient (Wildman–Crippen LogP) is 6.25. The Labute approximate surface area is 271 Å². The van der Waals surface area contributed by atoms with Gasteiger partial charge in [0.25, 0.3) is 0 Å². The summed E-state index contributed by atoms with van der Waals surface area (Å²) in [4.78, 5) is 13.3. The van der Waals surface area contributed by atoms with E-state index in [0.29, 0.717) is 31.9 Å². The molecule has 2 saturated heterocycles. The summed E-state index contributed by atoms with van der Waals surface area (Å²) in [5.41, 5.74) is 5.49. The summed E-state index contributed by atoms with van der Waals surface area (Å²) in [6, 6.07) is 4.05. The van der Waals surface area contributed by atoms with E-state index in [-0.39, 0.29) is 72.7 Å². The Balaban J connectivity index is 1.46. The Morgan fingerprint density at radius 1 is 1.33 bits per heavy atom. The van der Waals surface area contributed by atoms with Crippen LogP contribution in [0.25, 0.3) is 32.1 Å².